The number of ketones is 2. The summed E-state index contributed by atoms with van der Waals surface area (Å²) in [7, 11) is 0. The van der Waals surface area contributed by atoms with E-state index >= 15 is 0 Å². The minimum Gasteiger partial charge on any atom is -0.483 e. The summed E-state index contributed by atoms with van der Waals surface area (Å²) in [6.07, 6.45) is 10.6. The molecule has 1 atom stereocenters. The molecule has 1 heterocycles. The van der Waals surface area contributed by atoms with Crippen molar-refractivity contribution >= 4 is 11.6 Å². The van der Waals surface area contributed by atoms with E-state index in [1.165, 1.54) is 0 Å². The standard InChI is InChI=1S/C13H12O3/c14-10-3-5-13(6-4-10)8-9-1-2-11(15)7-12(9)16-13/h3-7,9H,1-2,8H2. The normalized spacial score (nSPS) is 30.2. The average Bonchev–Trinajstić information content (AvgIpc) is 2.60. The first-order chi connectivity index (χ1) is 7.67. The third-order valence-corrected chi connectivity index (χ3v) is 3.38. The zero-order chi connectivity index (χ0) is 11.2. The van der Waals surface area contributed by atoms with Crippen molar-refractivity contribution in [2.45, 2.75) is 24.9 Å². The Hall–Kier alpha value is -1.64. The number of hydrogen-bond acceptors (Lipinski definition) is 3. The summed E-state index contributed by atoms with van der Waals surface area (Å²) in [4.78, 5) is 22.4. The van der Waals surface area contributed by atoms with E-state index in [0.29, 0.717) is 12.3 Å². The van der Waals surface area contributed by atoms with Gasteiger partial charge in [0.15, 0.2) is 11.6 Å². The van der Waals surface area contributed by atoms with Crippen molar-refractivity contribution in [3.05, 3.63) is 36.1 Å². The largest absolute Gasteiger partial charge is 0.483 e. The molecule has 2 aliphatic carbocycles. The molecule has 0 aromatic heterocycles. The number of fused-ring (bicyclic) bond motifs is 1. The highest BCUT2D eigenvalue weighted by Gasteiger charge is 2.43. The van der Waals surface area contributed by atoms with Crippen LogP contribution in [0.2, 0.25) is 0 Å². The van der Waals surface area contributed by atoms with Gasteiger partial charge in [0, 0.05) is 24.8 Å². The summed E-state index contributed by atoms with van der Waals surface area (Å²) < 4.78 is 5.83. The Bertz CT molecular complexity index is 438. The van der Waals surface area contributed by atoms with Crippen molar-refractivity contribution in [3.8, 4) is 0 Å². The second kappa shape index (κ2) is 3.17. The lowest BCUT2D eigenvalue weighted by molar-refractivity contribution is -0.115. The van der Waals surface area contributed by atoms with E-state index in [0.717, 1.165) is 18.6 Å². The van der Waals surface area contributed by atoms with Gasteiger partial charge in [-0.05, 0) is 30.7 Å². The highest BCUT2D eigenvalue weighted by atomic mass is 16.5. The second-order valence-corrected chi connectivity index (χ2v) is 4.58. The number of carbonyl (C=O) groups is 2. The lowest BCUT2D eigenvalue weighted by Crippen LogP contribution is -2.24. The SMILES string of the molecule is O=C1C=CC2(C=C1)CC1CCC(=O)C=C1O2. The van der Waals surface area contributed by atoms with Crippen LogP contribution in [0.1, 0.15) is 19.3 Å². The molecule has 0 radical (unpaired) electrons. The van der Waals surface area contributed by atoms with Gasteiger partial charge in [0.25, 0.3) is 0 Å². The van der Waals surface area contributed by atoms with Gasteiger partial charge in [0.2, 0.25) is 0 Å². The molecule has 0 bridgehead atoms. The number of rotatable bonds is 0. The Balaban J connectivity index is 1.91. The molecule has 1 spiro atoms. The van der Waals surface area contributed by atoms with E-state index in [4.69, 9.17) is 4.74 Å². The number of allylic oxidation sites excluding steroid dienone is 4. The van der Waals surface area contributed by atoms with Gasteiger partial charge in [0.1, 0.15) is 11.4 Å². The smallest absolute Gasteiger partial charge is 0.178 e. The molecule has 1 saturated heterocycles. The molecule has 0 saturated carbocycles. The van der Waals surface area contributed by atoms with Crippen LogP contribution in [-0.2, 0) is 14.3 Å². The highest BCUT2D eigenvalue weighted by molar-refractivity contribution is 6.00. The van der Waals surface area contributed by atoms with Crippen molar-refractivity contribution in [2.24, 2.45) is 5.92 Å². The lowest BCUT2D eigenvalue weighted by atomic mass is 9.85. The van der Waals surface area contributed by atoms with Crippen molar-refractivity contribution in [2.75, 3.05) is 0 Å². The molecule has 0 amide bonds. The van der Waals surface area contributed by atoms with Crippen molar-refractivity contribution in [3.63, 3.8) is 0 Å². The third kappa shape index (κ3) is 1.43. The molecule has 1 aliphatic heterocycles. The minimum atomic E-state index is -0.477. The van der Waals surface area contributed by atoms with Gasteiger partial charge in [-0.1, -0.05) is 0 Å². The highest BCUT2D eigenvalue weighted by Crippen LogP contribution is 2.44. The van der Waals surface area contributed by atoms with E-state index in [2.05, 4.69) is 0 Å². The Morgan fingerprint density at radius 3 is 2.75 bits per heavy atom. The van der Waals surface area contributed by atoms with Gasteiger partial charge in [-0.15, -0.1) is 0 Å². The van der Waals surface area contributed by atoms with Crippen molar-refractivity contribution in [1.29, 1.82) is 0 Å². The molecule has 82 valence electrons. The molecule has 3 heteroatoms. The number of ether oxygens (including phenoxy) is 1. The monoisotopic (exact) mass is 216 g/mol. The molecular weight excluding hydrogens is 204 g/mol. The summed E-state index contributed by atoms with van der Waals surface area (Å²) >= 11 is 0. The fourth-order valence-electron chi connectivity index (χ4n) is 2.53. The van der Waals surface area contributed by atoms with Crippen LogP contribution >= 0.6 is 0 Å². The molecule has 3 rings (SSSR count). The maximum atomic E-state index is 11.3. The maximum Gasteiger partial charge on any atom is 0.178 e. The zero-order valence-corrected chi connectivity index (χ0v) is 8.81. The minimum absolute atomic E-state index is 0.00541. The zero-order valence-electron chi connectivity index (χ0n) is 8.81. The molecule has 16 heavy (non-hydrogen) atoms. The molecule has 1 unspecified atom stereocenters. The maximum absolute atomic E-state index is 11.3. The van der Waals surface area contributed by atoms with Gasteiger partial charge in [-0.2, -0.15) is 0 Å². The van der Waals surface area contributed by atoms with Crippen LogP contribution in [0.4, 0.5) is 0 Å². The predicted octanol–water partition coefficient (Wildman–Crippen LogP) is 1.70. The van der Waals surface area contributed by atoms with E-state index in [1.807, 2.05) is 0 Å². The van der Waals surface area contributed by atoms with Crippen LogP contribution < -0.4 is 0 Å². The van der Waals surface area contributed by atoms with Gasteiger partial charge in [-0.3, -0.25) is 9.59 Å². The van der Waals surface area contributed by atoms with Crippen LogP contribution in [0.25, 0.3) is 0 Å². The average molecular weight is 216 g/mol. The first-order valence-corrected chi connectivity index (χ1v) is 5.53. The number of hydrogen-bond donors (Lipinski definition) is 0. The summed E-state index contributed by atoms with van der Waals surface area (Å²) in [5.74, 6) is 1.26. The fourth-order valence-corrected chi connectivity index (χ4v) is 2.53. The lowest BCUT2D eigenvalue weighted by Gasteiger charge is -2.22. The first kappa shape index (κ1) is 9.58. The van der Waals surface area contributed by atoms with Gasteiger partial charge in [-0.25, -0.2) is 0 Å². The molecule has 3 aliphatic rings. The van der Waals surface area contributed by atoms with Crippen LogP contribution in [-0.4, -0.2) is 17.2 Å². The van der Waals surface area contributed by atoms with Crippen LogP contribution in [0.15, 0.2) is 36.1 Å². The molecule has 0 aromatic carbocycles. The van der Waals surface area contributed by atoms with Crippen LogP contribution in [0.3, 0.4) is 0 Å². The summed E-state index contributed by atoms with van der Waals surface area (Å²) in [6.45, 7) is 0. The summed E-state index contributed by atoms with van der Waals surface area (Å²) in [5, 5.41) is 0. The Kier molecular flexibility index (Phi) is 1.90. The number of carbonyl (C=O) groups excluding carboxylic acids is 2. The molecule has 3 nitrogen and oxygen atoms in total. The van der Waals surface area contributed by atoms with E-state index in [1.54, 1.807) is 30.4 Å². The molecule has 1 fully saturated rings. The van der Waals surface area contributed by atoms with Crippen LogP contribution in [0.5, 0.6) is 0 Å². The van der Waals surface area contributed by atoms with E-state index in [-0.39, 0.29) is 11.6 Å². The van der Waals surface area contributed by atoms with E-state index in [9.17, 15) is 9.59 Å². The van der Waals surface area contributed by atoms with Gasteiger partial charge >= 0.3 is 0 Å². The van der Waals surface area contributed by atoms with Crippen LogP contribution in [0, 0.1) is 5.92 Å². The molecule has 0 N–H and O–H groups in total. The predicted molar refractivity (Wildman–Crippen MR) is 57.5 cm³/mol. The van der Waals surface area contributed by atoms with Crippen molar-refractivity contribution < 1.29 is 14.3 Å². The Morgan fingerprint density at radius 1 is 1.25 bits per heavy atom. The Labute approximate surface area is 93.5 Å². The van der Waals surface area contributed by atoms with Gasteiger partial charge < -0.3 is 4.74 Å². The second-order valence-electron chi connectivity index (χ2n) is 4.58. The molecule has 0 aromatic rings. The van der Waals surface area contributed by atoms with Gasteiger partial charge in [0.05, 0.1) is 0 Å². The fraction of sp³-hybridized carbons (Fsp3) is 0.385. The topological polar surface area (TPSA) is 43.4 Å². The third-order valence-electron chi connectivity index (χ3n) is 3.38. The van der Waals surface area contributed by atoms with E-state index < -0.39 is 5.60 Å². The first-order valence-electron chi connectivity index (χ1n) is 5.53. The van der Waals surface area contributed by atoms with Crippen molar-refractivity contribution in [1.82, 2.24) is 0 Å². The molecular formula is C13H12O3. The quantitative estimate of drug-likeness (QED) is 0.619. The summed E-state index contributed by atoms with van der Waals surface area (Å²) in [5.41, 5.74) is -0.477. The summed E-state index contributed by atoms with van der Waals surface area (Å²) in [6, 6.07) is 0. The Morgan fingerprint density at radius 2 is 2.00 bits per heavy atom.